The first-order valence-corrected chi connectivity index (χ1v) is 8.63. The van der Waals surface area contributed by atoms with Crippen LogP contribution in [-0.2, 0) is 6.54 Å². The fourth-order valence-electron chi connectivity index (χ4n) is 3.01. The van der Waals surface area contributed by atoms with Gasteiger partial charge in [-0.05, 0) is 42.0 Å². The van der Waals surface area contributed by atoms with Crippen LogP contribution in [-0.4, -0.2) is 17.1 Å². The zero-order valence-corrected chi connectivity index (χ0v) is 14.9. The molecule has 0 spiro atoms. The van der Waals surface area contributed by atoms with E-state index in [-0.39, 0.29) is 0 Å². The number of fused-ring (bicyclic) bond motifs is 1. The molecule has 0 fully saturated rings. The number of nitriles is 1. The van der Waals surface area contributed by atoms with Crippen molar-refractivity contribution >= 4 is 16.7 Å². The van der Waals surface area contributed by atoms with Crippen molar-refractivity contribution in [1.82, 2.24) is 9.97 Å². The van der Waals surface area contributed by atoms with Crippen molar-refractivity contribution in [1.29, 1.82) is 5.26 Å². The first-order chi connectivity index (χ1) is 13.3. The van der Waals surface area contributed by atoms with Gasteiger partial charge in [0.1, 0.15) is 17.6 Å². The molecule has 1 heterocycles. The Morgan fingerprint density at radius 3 is 2.78 bits per heavy atom. The normalized spacial score (nSPS) is 10.5. The van der Waals surface area contributed by atoms with Crippen molar-refractivity contribution < 1.29 is 4.74 Å². The monoisotopic (exact) mass is 354 g/mol. The summed E-state index contributed by atoms with van der Waals surface area (Å²) in [6.07, 6.45) is 0. The summed E-state index contributed by atoms with van der Waals surface area (Å²) >= 11 is 0. The lowest BCUT2D eigenvalue weighted by Crippen LogP contribution is -2.00. The molecule has 5 nitrogen and oxygen atoms in total. The summed E-state index contributed by atoms with van der Waals surface area (Å²) in [5, 5.41) is 12.5. The number of ether oxygens (including phenoxy) is 1. The first-order valence-electron chi connectivity index (χ1n) is 8.63. The molecule has 0 amide bonds. The van der Waals surface area contributed by atoms with Gasteiger partial charge in [0.2, 0.25) is 0 Å². The predicted molar refractivity (Wildman–Crippen MR) is 107 cm³/mol. The van der Waals surface area contributed by atoms with E-state index in [1.165, 1.54) is 0 Å². The number of para-hydroxylation sites is 2. The molecule has 27 heavy (non-hydrogen) atoms. The number of nitrogens with zero attached hydrogens (tertiary/aromatic N) is 2. The average molecular weight is 354 g/mol. The SMILES string of the molecule is COc1cc(CNc2cccc(-c3nc4ccccc4[nH]3)c2)ccc1C#N. The maximum absolute atomic E-state index is 9.09. The highest BCUT2D eigenvalue weighted by Gasteiger charge is 2.07. The standard InChI is InChI=1S/C22H18N4O/c1-27-21-11-15(9-10-17(21)13-23)14-24-18-6-4-5-16(12-18)22-25-19-7-2-3-8-20(19)26-22/h2-12,24H,14H2,1H3,(H,25,26). The molecule has 0 aliphatic carbocycles. The van der Waals surface area contributed by atoms with Crippen molar-refractivity contribution in [3.8, 4) is 23.2 Å². The van der Waals surface area contributed by atoms with Crippen LogP contribution in [0.25, 0.3) is 22.4 Å². The number of imidazole rings is 1. The van der Waals surface area contributed by atoms with Gasteiger partial charge in [0, 0.05) is 17.8 Å². The Morgan fingerprint density at radius 1 is 1.07 bits per heavy atom. The van der Waals surface area contributed by atoms with Crippen LogP contribution in [0.4, 0.5) is 5.69 Å². The molecule has 0 saturated carbocycles. The molecule has 0 aliphatic heterocycles. The summed E-state index contributed by atoms with van der Waals surface area (Å²) in [7, 11) is 1.57. The molecule has 0 aliphatic rings. The summed E-state index contributed by atoms with van der Waals surface area (Å²) in [5.41, 5.74) is 5.57. The molecule has 3 aromatic carbocycles. The van der Waals surface area contributed by atoms with Gasteiger partial charge in [-0.1, -0.05) is 30.3 Å². The van der Waals surface area contributed by atoms with Gasteiger partial charge in [-0.15, -0.1) is 0 Å². The van der Waals surface area contributed by atoms with E-state index in [0.717, 1.165) is 33.7 Å². The molecular weight excluding hydrogens is 336 g/mol. The van der Waals surface area contributed by atoms with Crippen LogP contribution in [0, 0.1) is 11.3 Å². The number of rotatable bonds is 5. The third kappa shape index (κ3) is 3.46. The van der Waals surface area contributed by atoms with Gasteiger partial charge in [-0.25, -0.2) is 4.98 Å². The van der Waals surface area contributed by atoms with E-state index in [2.05, 4.69) is 27.4 Å². The number of hydrogen-bond donors (Lipinski definition) is 2. The molecule has 5 heteroatoms. The quantitative estimate of drug-likeness (QED) is 0.544. The number of methoxy groups -OCH3 is 1. The summed E-state index contributed by atoms with van der Waals surface area (Å²) in [6.45, 7) is 0.631. The third-order valence-electron chi connectivity index (χ3n) is 4.41. The maximum Gasteiger partial charge on any atom is 0.138 e. The lowest BCUT2D eigenvalue weighted by molar-refractivity contribution is 0.413. The van der Waals surface area contributed by atoms with E-state index in [4.69, 9.17) is 10.00 Å². The number of benzene rings is 3. The lowest BCUT2D eigenvalue weighted by atomic mass is 10.1. The summed E-state index contributed by atoms with van der Waals surface area (Å²) in [6, 6.07) is 23.8. The largest absolute Gasteiger partial charge is 0.495 e. The number of aromatic amines is 1. The smallest absolute Gasteiger partial charge is 0.138 e. The highest BCUT2D eigenvalue weighted by Crippen LogP contribution is 2.24. The van der Waals surface area contributed by atoms with Gasteiger partial charge < -0.3 is 15.0 Å². The van der Waals surface area contributed by atoms with Crippen LogP contribution in [0.5, 0.6) is 5.75 Å². The summed E-state index contributed by atoms with van der Waals surface area (Å²) < 4.78 is 5.27. The van der Waals surface area contributed by atoms with Crippen molar-refractivity contribution in [2.45, 2.75) is 6.54 Å². The third-order valence-corrected chi connectivity index (χ3v) is 4.41. The first kappa shape index (κ1) is 16.7. The number of nitrogens with one attached hydrogen (secondary N) is 2. The minimum atomic E-state index is 0.535. The molecule has 132 valence electrons. The van der Waals surface area contributed by atoms with Crippen LogP contribution in [0.15, 0.2) is 66.7 Å². The van der Waals surface area contributed by atoms with Crippen LogP contribution in [0.3, 0.4) is 0 Å². The van der Waals surface area contributed by atoms with Crippen molar-refractivity contribution in [2.24, 2.45) is 0 Å². The molecule has 0 atom stereocenters. The minimum absolute atomic E-state index is 0.535. The van der Waals surface area contributed by atoms with E-state index in [1.807, 2.05) is 54.6 Å². The Kier molecular flexibility index (Phi) is 4.46. The van der Waals surface area contributed by atoms with Crippen LogP contribution < -0.4 is 10.1 Å². The van der Waals surface area contributed by atoms with Crippen LogP contribution in [0.1, 0.15) is 11.1 Å². The van der Waals surface area contributed by atoms with E-state index in [0.29, 0.717) is 17.9 Å². The fourth-order valence-corrected chi connectivity index (χ4v) is 3.01. The summed E-state index contributed by atoms with van der Waals surface area (Å²) in [4.78, 5) is 8.01. The van der Waals surface area contributed by atoms with Crippen LogP contribution in [0.2, 0.25) is 0 Å². The minimum Gasteiger partial charge on any atom is -0.495 e. The van der Waals surface area contributed by atoms with E-state index >= 15 is 0 Å². The topological polar surface area (TPSA) is 73.7 Å². The molecular formula is C22H18N4O. The number of hydrogen-bond acceptors (Lipinski definition) is 4. The van der Waals surface area contributed by atoms with Gasteiger partial charge >= 0.3 is 0 Å². The second kappa shape index (κ2) is 7.22. The molecule has 0 radical (unpaired) electrons. The number of aromatic nitrogens is 2. The molecule has 1 aromatic heterocycles. The highest BCUT2D eigenvalue weighted by atomic mass is 16.5. The molecule has 4 aromatic rings. The fraction of sp³-hybridized carbons (Fsp3) is 0.0909. The molecule has 0 unspecified atom stereocenters. The Morgan fingerprint density at radius 2 is 1.96 bits per heavy atom. The van der Waals surface area contributed by atoms with Gasteiger partial charge in [0.05, 0.1) is 23.7 Å². The number of anilines is 1. The molecule has 4 rings (SSSR count). The second-order valence-corrected chi connectivity index (χ2v) is 6.18. The summed E-state index contributed by atoms with van der Waals surface area (Å²) in [5.74, 6) is 1.44. The Balaban J connectivity index is 1.54. The molecule has 2 N–H and O–H groups in total. The predicted octanol–water partition coefficient (Wildman–Crippen LogP) is 4.72. The highest BCUT2D eigenvalue weighted by molar-refractivity contribution is 5.79. The zero-order valence-electron chi connectivity index (χ0n) is 14.9. The Labute approximate surface area is 157 Å². The number of H-pyrrole nitrogens is 1. The van der Waals surface area contributed by atoms with Crippen LogP contribution >= 0.6 is 0 Å². The molecule has 0 bridgehead atoms. The lowest BCUT2D eigenvalue weighted by Gasteiger charge is -2.10. The second-order valence-electron chi connectivity index (χ2n) is 6.18. The van der Waals surface area contributed by atoms with Gasteiger partial charge in [0.15, 0.2) is 0 Å². The molecule has 0 saturated heterocycles. The Hall–Kier alpha value is -3.78. The van der Waals surface area contributed by atoms with Crippen molar-refractivity contribution in [2.75, 3.05) is 12.4 Å². The van der Waals surface area contributed by atoms with Crippen molar-refractivity contribution in [3.05, 3.63) is 77.9 Å². The van der Waals surface area contributed by atoms with E-state index in [1.54, 1.807) is 13.2 Å². The van der Waals surface area contributed by atoms with E-state index in [9.17, 15) is 0 Å². The van der Waals surface area contributed by atoms with Gasteiger partial charge in [-0.2, -0.15) is 5.26 Å². The maximum atomic E-state index is 9.09. The van der Waals surface area contributed by atoms with Crippen molar-refractivity contribution in [3.63, 3.8) is 0 Å². The zero-order chi connectivity index (χ0) is 18.6. The van der Waals surface area contributed by atoms with Gasteiger partial charge in [0.25, 0.3) is 0 Å². The Bertz CT molecular complexity index is 1110. The van der Waals surface area contributed by atoms with Gasteiger partial charge in [-0.3, -0.25) is 0 Å². The van der Waals surface area contributed by atoms with E-state index < -0.39 is 0 Å². The average Bonchev–Trinajstić information content (AvgIpc) is 3.16.